The Bertz CT molecular complexity index is 329. The molecule has 1 heterocycles. The summed E-state index contributed by atoms with van der Waals surface area (Å²) < 4.78 is 10.4. The highest BCUT2D eigenvalue weighted by molar-refractivity contribution is 5.79. The average molecular weight is 329 g/mol. The number of aliphatic imine (C=N–C) groups is 1. The first-order valence-corrected chi connectivity index (χ1v) is 8.94. The molecule has 0 spiro atoms. The average Bonchev–Trinajstić information content (AvgIpc) is 2.56. The number of ether oxygens (including phenoxy) is 2. The van der Waals surface area contributed by atoms with Crippen molar-refractivity contribution in [3.8, 4) is 0 Å². The Morgan fingerprint density at radius 1 is 1.09 bits per heavy atom. The summed E-state index contributed by atoms with van der Waals surface area (Å²) in [5, 5.41) is 6.63. The second-order valence-electron chi connectivity index (χ2n) is 6.59. The molecule has 0 aliphatic carbocycles. The van der Waals surface area contributed by atoms with E-state index in [0.717, 1.165) is 25.6 Å². The van der Waals surface area contributed by atoms with Crippen LogP contribution in [0.25, 0.3) is 0 Å². The van der Waals surface area contributed by atoms with E-state index in [1.165, 1.54) is 32.4 Å². The maximum atomic E-state index is 5.46. The number of piperidine rings is 1. The number of guanidine groups is 1. The van der Waals surface area contributed by atoms with Gasteiger partial charge in [-0.15, -0.1) is 0 Å². The van der Waals surface area contributed by atoms with Crippen LogP contribution in [0, 0.1) is 0 Å². The van der Waals surface area contributed by atoms with Gasteiger partial charge in [-0.3, -0.25) is 9.89 Å². The monoisotopic (exact) mass is 328 g/mol. The van der Waals surface area contributed by atoms with Gasteiger partial charge in [0.25, 0.3) is 0 Å². The standard InChI is InChI=1S/C17H36N4O2/c1-5-18-16(19-9-12-23-14-13-22-4)20-15-17(2,3)21-10-7-6-8-11-21/h5-15H2,1-4H3,(H2,18,19,20). The summed E-state index contributed by atoms with van der Waals surface area (Å²) in [6, 6.07) is 0. The molecule has 1 saturated heterocycles. The Morgan fingerprint density at radius 3 is 2.48 bits per heavy atom. The molecular weight excluding hydrogens is 292 g/mol. The summed E-state index contributed by atoms with van der Waals surface area (Å²) >= 11 is 0. The van der Waals surface area contributed by atoms with Crippen LogP contribution in [-0.4, -0.2) is 76.1 Å². The van der Waals surface area contributed by atoms with Gasteiger partial charge in [0, 0.05) is 25.7 Å². The minimum Gasteiger partial charge on any atom is -0.382 e. The number of rotatable bonds is 10. The van der Waals surface area contributed by atoms with Gasteiger partial charge in [0.1, 0.15) is 0 Å². The number of methoxy groups -OCH3 is 1. The predicted molar refractivity (Wildman–Crippen MR) is 96.2 cm³/mol. The Kier molecular flexibility index (Phi) is 10.2. The van der Waals surface area contributed by atoms with E-state index in [1.807, 2.05) is 0 Å². The fourth-order valence-corrected chi connectivity index (χ4v) is 2.70. The number of hydrogen-bond donors (Lipinski definition) is 2. The van der Waals surface area contributed by atoms with Crippen LogP contribution in [0.4, 0.5) is 0 Å². The zero-order valence-electron chi connectivity index (χ0n) is 15.5. The fraction of sp³-hybridized carbons (Fsp3) is 0.941. The molecule has 0 unspecified atom stereocenters. The number of hydrogen-bond acceptors (Lipinski definition) is 4. The Hall–Kier alpha value is -0.850. The van der Waals surface area contributed by atoms with Crippen molar-refractivity contribution in [3.05, 3.63) is 0 Å². The molecule has 0 amide bonds. The largest absolute Gasteiger partial charge is 0.382 e. The van der Waals surface area contributed by atoms with Crippen LogP contribution in [0.3, 0.4) is 0 Å². The maximum absolute atomic E-state index is 5.46. The lowest BCUT2D eigenvalue weighted by molar-refractivity contribution is 0.0733. The van der Waals surface area contributed by atoms with Crippen LogP contribution in [0.2, 0.25) is 0 Å². The molecule has 6 heteroatoms. The molecule has 1 rings (SSSR count). The van der Waals surface area contributed by atoms with E-state index in [4.69, 9.17) is 14.5 Å². The third-order valence-corrected chi connectivity index (χ3v) is 4.15. The van der Waals surface area contributed by atoms with E-state index in [9.17, 15) is 0 Å². The minimum atomic E-state index is 0.109. The second kappa shape index (κ2) is 11.6. The van der Waals surface area contributed by atoms with Gasteiger partial charge in [0.05, 0.1) is 26.4 Å². The van der Waals surface area contributed by atoms with Gasteiger partial charge in [-0.25, -0.2) is 0 Å². The van der Waals surface area contributed by atoms with Crippen LogP contribution in [0.15, 0.2) is 4.99 Å². The van der Waals surface area contributed by atoms with Gasteiger partial charge in [-0.1, -0.05) is 6.42 Å². The molecule has 1 aliphatic rings. The molecule has 6 nitrogen and oxygen atoms in total. The minimum absolute atomic E-state index is 0.109. The molecule has 1 fully saturated rings. The number of likely N-dealkylation sites (tertiary alicyclic amines) is 1. The first kappa shape index (κ1) is 20.2. The summed E-state index contributed by atoms with van der Waals surface area (Å²) in [5.41, 5.74) is 0.109. The fourth-order valence-electron chi connectivity index (χ4n) is 2.70. The maximum Gasteiger partial charge on any atom is 0.191 e. The lowest BCUT2D eigenvalue weighted by Gasteiger charge is -2.40. The molecule has 1 aliphatic heterocycles. The van der Waals surface area contributed by atoms with Gasteiger partial charge in [0.15, 0.2) is 5.96 Å². The number of nitrogens with zero attached hydrogens (tertiary/aromatic N) is 2. The van der Waals surface area contributed by atoms with Crippen LogP contribution in [0.5, 0.6) is 0 Å². The molecule has 0 aromatic carbocycles. The van der Waals surface area contributed by atoms with Crippen molar-refractivity contribution < 1.29 is 9.47 Å². The highest BCUT2D eigenvalue weighted by atomic mass is 16.5. The third kappa shape index (κ3) is 8.53. The van der Waals surface area contributed by atoms with E-state index in [0.29, 0.717) is 19.8 Å². The van der Waals surface area contributed by atoms with Gasteiger partial charge in [-0.05, 0) is 46.7 Å². The zero-order valence-corrected chi connectivity index (χ0v) is 15.5. The van der Waals surface area contributed by atoms with Gasteiger partial charge < -0.3 is 20.1 Å². The van der Waals surface area contributed by atoms with Gasteiger partial charge >= 0.3 is 0 Å². The molecule has 23 heavy (non-hydrogen) atoms. The molecule has 0 aromatic heterocycles. The van der Waals surface area contributed by atoms with Crippen molar-refractivity contribution >= 4 is 5.96 Å². The SMILES string of the molecule is CCNC(=NCC(C)(C)N1CCCCC1)NCCOCCOC. The second-order valence-corrected chi connectivity index (χ2v) is 6.59. The van der Waals surface area contributed by atoms with E-state index in [2.05, 4.69) is 36.3 Å². The molecule has 136 valence electrons. The molecule has 0 radical (unpaired) electrons. The third-order valence-electron chi connectivity index (χ3n) is 4.15. The lowest BCUT2D eigenvalue weighted by Crippen LogP contribution is -2.49. The Balaban J connectivity index is 2.37. The predicted octanol–water partition coefficient (Wildman–Crippen LogP) is 1.47. The molecular formula is C17H36N4O2. The van der Waals surface area contributed by atoms with Crippen LogP contribution in [-0.2, 0) is 9.47 Å². The van der Waals surface area contributed by atoms with Crippen LogP contribution < -0.4 is 10.6 Å². The first-order valence-electron chi connectivity index (χ1n) is 8.94. The topological polar surface area (TPSA) is 58.1 Å². The van der Waals surface area contributed by atoms with Crippen molar-refractivity contribution in [2.45, 2.75) is 45.6 Å². The molecule has 0 aromatic rings. The van der Waals surface area contributed by atoms with Crippen molar-refractivity contribution in [1.82, 2.24) is 15.5 Å². The zero-order chi connectivity index (χ0) is 17.0. The molecule has 2 N–H and O–H groups in total. The summed E-state index contributed by atoms with van der Waals surface area (Å²) in [5.74, 6) is 0.868. The van der Waals surface area contributed by atoms with E-state index >= 15 is 0 Å². The Labute approximate surface area is 142 Å². The first-order chi connectivity index (χ1) is 11.1. The molecule has 0 bridgehead atoms. The highest BCUT2D eigenvalue weighted by Crippen LogP contribution is 2.20. The summed E-state index contributed by atoms with van der Waals surface area (Å²) in [6.45, 7) is 13.4. The Morgan fingerprint density at radius 2 is 1.83 bits per heavy atom. The summed E-state index contributed by atoms with van der Waals surface area (Å²) in [7, 11) is 1.68. The highest BCUT2D eigenvalue weighted by Gasteiger charge is 2.27. The summed E-state index contributed by atoms with van der Waals surface area (Å²) in [4.78, 5) is 7.33. The van der Waals surface area contributed by atoms with E-state index in [-0.39, 0.29) is 5.54 Å². The van der Waals surface area contributed by atoms with Gasteiger partial charge in [-0.2, -0.15) is 0 Å². The van der Waals surface area contributed by atoms with Crippen molar-refractivity contribution in [2.75, 3.05) is 59.7 Å². The summed E-state index contributed by atoms with van der Waals surface area (Å²) in [6.07, 6.45) is 3.98. The quantitative estimate of drug-likeness (QED) is 0.361. The number of nitrogens with one attached hydrogen (secondary N) is 2. The van der Waals surface area contributed by atoms with Crippen molar-refractivity contribution in [3.63, 3.8) is 0 Å². The molecule has 0 atom stereocenters. The lowest BCUT2D eigenvalue weighted by atomic mass is 9.99. The normalized spacial score (nSPS) is 17.3. The van der Waals surface area contributed by atoms with E-state index in [1.54, 1.807) is 7.11 Å². The molecule has 0 saturated carbocycles. The van der Waals surface area contributed by atoms with Crippen molar-refractivity contribution in [2.24, 2.45) is 4.99 Å². The van der Waals surface area contributed by atoms with Crippen LogP contribution >= 0.6 is 0 Å². The van der Waals surface area contributed by atoms with E-state index < -0.39 is 0 Å². The van der Waals surface area contributed by atoms with Gasteiger partial charge in [0.2, 0.25) is 0 Å². The van der Waals surface area contributed by atoms with Crippen LogP contribution in [0.1, 0.15) is 40.0 Å². The van der Waals surface area contributed by atoms with Crippen molar-refractivity contribution in [1.29, 1.82) is 0 Å². The smallest absolute Gasteiger partial charge is 0.191 e.